The van der Waals surface area contributed by atoms with E-state index in [4.69, 9.17) is 4.74 Å². The van der Waals surface area contributed by atoms with Crippen molar-refractivity contribution in [1.82, 2.24) is 15.3 Å². The van der Waals surface area contributed by atoms with E-state index in [1.807, 2.05) is 4.90 Å². The molecule has 138 valence electrons. The number of rotatable bonds is 4. The third kappa shape index (κ3) is 3.87. The molecule has 0 spiro atoms. The standard InChI is InChI=1S/C17H17F3N4O2/c1-26-16-13(3-2-7-21-16)15(25)23-12-6-8-24(10-12)14-5-4-11(9-22-14)17(18,19)20/h2-5,7,9,12H,6,8,10H2,1H3,(H,23,25). The number of pyridine rings is 2. The molecule has 1 aliphatic rings. The van der Waals surface area contributed by atoms with Gasteiger partial charge in [0.2, 0.25) is 5.88 Å². The van der Waals surface area contributed by atoms with Crippen LogP contribution >= 0.6 is 0 Å². The molecular weight excluding hydrogens is 349 g/mol. The minimum atomic E-state index is -4.41. The number of nitrogens with one attached hydrogen (secondary N) is 1. The predicted molar refractivity (Wildman–Crippen MR) is 88.1 cm³/mol. The lowest BCUT2D eigenvalue weighted by molar-refractivity contribution is -0.137. The maximum Gasteiger partial charge on any atom is 0.417 e. The summed E-state index contributed by atoms with van der Waals surface area (Å²) in [7, 11) is 1.44. The minimum absolute atomic E-state index is 0.142. The van der Waals surface area contributed by atoms with Gasteiger partial charge >= 0.3 is 6.18 Å². The number of carbonyl (C=O) groups is 1. The Morgan fingerprint density at radius 3 is 2.77 bits per heavy atom. The second-order valence-electron chi connectivity index (χ2n) is 5.87. The van der Waals surface area contributed by atoms with E-state index in [0.717, 1.165) is 12.3 Å². The van der Waals surface area contributed by atoms with Crippen LogP contribution < -0.4 is 15.0 Å². The average Bonchev–Trinajstić information content (AvgIpc) is 3.09. The van der Waals surface area contributed by atoms with Crippen molar-refractivity contribution < 1.29 is 22.7 Å². The molecule has 1 atom stereocenters. The lowest BCUT2D eigenvalue weighted by Crippen LogP contribution is -2.37. The van der Waals surface area contributed by atoms with Gasteiger partial charge in [-0.2, -0.15) is 13.2 Å². The maximum absolute atomic E-state index is 12.6. The van der Waals surface area contributed by atoms with Gasteiger partial charge in [0, 0.05) is 31.5 Å². The fourth-order valence-electron chi connectivity index (χ4n) is 2.82. The number of methoxy groups -OCH3 is 1. The van der Waals surface area contributed by atoms with Gasteiger partial charge in [-0.1, -0.05) is 0 Å². The molecule has 3 heterocycles. The Balaban J connectivity index is 1.63. The summed E-state index contributed by atoms with van der Waals surface area (Å²) >= 11 is 0. The molecule has 1 aliphatic heterocycles. The van der Waals surface area contributed by atoms with E-state index < -0.39 is 11.7 Å². The first-order chi connectivity index (χ1) is 12.4. The number of nitrogens with zero attached hydrogens (tertiary/aromatic N) is 3. The first-order valence-electron chi connectivity index (χ1n) is 7.96. The van der Waals surface area contributed by atoms with Gasteiger partial charge in [-0.05, 0) is 30.7 Å². The van der Waals surface area contributed by atoms with Crippen molar-refractivity contribution in [1.29, 1.82) is 0 Å². The van der Waals surface area contributed by atoms with Gasteiger partial charge in [0.25, 0.3) is 5.91 Å². The van der Waals surface area contributed by atoms with Gasteiger partial charge in [-0.25, -0.2) is 9.97 Å². The smallest absolute Gasteiger partial charge is 0.417 e. The summed E-state index contributed by atoms with van der Waals surface area (Å²) in [6.45, 7) is 1.06. The lowest BCUT2D eigenvalue weighted by atomic mass is 10.2. The van der Waals surface area contributed by atoms with Crippen LogP contribution in [0.15, 0.2) is 36.7 Å². The van der Waals surface area contributed by atoms with Crippen molar-refractivity contribution >= 4 is 11.7 Å². The van der Waals surface area contributed by atoms with Crippen LogP contribution in [0, 0.1) is 0 Å². The van der Waals surface area contributed by atoms with E-state index in [1.165, 1.54) is 19.4 Å². The van der Waals surface area contributed by atoms with E-state index in [2.05, 4.69) is 15.3 Å². The minimum Gasteiger partial charge on any atom is -0.480 e. The third-order valence-electron chi connectivity index (χ3n) is 4.13. The highest BCUT2D eigenvalue weighted by Crippen LogP contribution is 2.30. The second-order valence-corrected chi connectivity index (χ2v) is 5.87. The van der Waals surface area contributed by atoms with Crippen molar-refractivity contribution in [2.45, 2.75) is 18.6 Å². The monoisotopic (exact) mass is 366 g/mol. The van der Waals surface area contributed by atoms with Crippen LogP contribution in [0.5, 0.6) is 5.88 Å². The van der Waals surface area contributed by atoms with Crippen LogP contribution in [0.2, 0.25) is 0 Å². The number of amides is 1. The van der Waals surface area contributed by atoms with E-state index in [1.54, 1.807) is 12.1 Å². The van der Waals surface area contributed by atoms with Crippen molar-refractivity contribution in [3.8, 4) is 5.88 Å². The summed E-state index contributed by atoms with van der Waals surface area (Å²) in [5, 5.41) is 2.90. The Hall–Kier alpha value is -2.84. The molecule has 2 aromatic heterocycles. The zero-order chi connectivity index (χ0) is 18.7. The highest BCUT2D eigenvalue weighted by Gasteiger charge is 2.31. The molecule has 0 aromatic carbocycles. The van der Waals surface area contributed by atoms with Crippen LogP contribution in [0.4, 0.5) is 19.0 Å². The van der Waals surface area contributed by atoms with Crippen molar-refractivity contribution in [3.63, 3.8) is 0 Å². The number of hydrogen-bond acceptors (Lipinski definition) is 5. The molecule has 0 radical (unpaired) electrons. The fraction of sp³-hybridized carbons (Fsp3) is 0.353. The van der Waals surface area contributed by atoms with Gasteiger partial charge in [-0.15, -0.1) is 0 Å². The quantitative estimate of drug-likeness (QED) is 0.901. The highest BCUT2D eigenvalue weighted by atomic mass is 19.4. The van der Waals surface area contributed by atoms with Crippen molar-refractivity contribution in [2.75, 3.05) is 25.1 Å². The first kappa shape index (κ1) is 18.0. The largest absolute Gasteiger partial charge is 0.480 e. The average molecular weight is 366 g/mol. The zero-order valence-electron chi connectivity index (χ0n) is 14.0. The van der Waals surface area contributed by atoms with E-state index in [9.17, 15) is 18.0 Å². The van der Waals surface area contributed by atoms with Crippen LogP contribution in [0.25, 0.3) is 0 Å². The Labute approximate surface area is 148 Å². The summed E-state index contributed by atoms with van der Waals surface area (Å²) < 4.78 is 42.9. The molecule has 0 aliphatic carbocycles. The van der Waals surface area contributed by atoms with Gasteiger partial charge in [0.05, 0.1) is 12.7 Å². The van der Waals surface area contributed by atoms with Gasteiger partial charge in [0.15, 0.2) is 0 Å². The normalized spacial score (nSPS) is 17.2. The molecule has 26 heavy (non-hydrogen) atoms. The number of hydrogen-bond donors (Lipinski definition) is 1. The number of carbonyl (C=O) groups excluding carboxylic acids is 1. The number of alkyl halides is 3. The highest BCUT2D eigenvalue weighted by molar-refractivity contribution is 5.96. The number of halogens is 3. The summed E-state index contributed by atoms with van der Waals surface area (Å²) in [6.07, 6.45) is -1.39. The van der Waals surface area contributed by atoms with Crippen LogP contribution in [-0.2, 0) is 6.18 Å². The summed E-state index contributed by atoms with van der Waals surface area (Å²) in [5.74, 6) is 0.389. The molecule has 1 saturated heterocycles. The predicted octanol–water partition coefficient (Wildman–Crippen LogP) is 2.51. The second kappa shape index (κ2) is 7.19. The summed E-state index contributed by atoms with van der Waals surface area (Å²) in [5.41, 5.74) is -0.449. The molecule has 0 bridgehead atoms. The van der Waals surface area contributed by atoms with E-state index >= 15 is 0 Å². The first-order valence-corrected chi connectivity index (χ1v) is 7.96. The molecular formula is C17H17F3N4O2. The molecule has 1 N–H and O–H groups in total. The van der Waals surface area contributed by atoms with Crippen molar-refractivity contribution in [2.24, 2.45) is 0 Å². The van der Waals surface area contributed by atoms with Crippen LogP contribution in [-0.4, -0.2) is 42.1 Å². The molecule has 9 heteroatoms. The van der Waals surface area contributed by atoms with Gasteiger partial charge < -0.3 is 15.0 Å². The zero-order valence-corrected chi connectivity index (χ0v) is 14.0. The van der Waals surface area contributed by atoms with Gasteiger partial charge in [-0.3, -0.25) is 4.79 Å². The third-order valence-corrected chi connectivity index (χ3v) is 4.13. The molecule has 6 nitrogen and oxygen atoms in total. The SMILES string of the molecule is COc1ncccc1C(=O)NC1CCN(c2ccc(C(F)(F)F)cn2)C1. The van der Waals surface area contributed by atoms with Crippen molar-refractivity contribution in [3.05, 3.63) is 47.8 Å². The van der Waals surface area contributed by atoms with Gasteiger partial charge in [0.1, 0.15) is 11.4 Å². The molecule has 0 saturated carbocycles. The number of anilines is 1. The summed E-state index contributed by atoms with van der Waals surface area (Å²) in [4.78, 5) is 22.1. The van der Waals surface area contributed by atoms with Crippen LogP contribution in [0.1, 0.15) is 22.3 Å². The maximum atomic E-state index is 12.6. The number of ether oxygens (including phenoxy) is 1. The van der Waals surface area contributed by atoms with E-state index in [-0.39, 0.29) is 17.8 Å². The molecule has 3 rings (SSSR count). The Kier molecular flexibility index (Phi) is 4.97. The van der Waals surface area contributed by atoms with E-state index in [0.29, 0.717) is 30.9 Å². The van der Waals surface area contributed by atoms with Crippen LogP contribution in [0.3, 0.4) is 0 Å². The molecule has 1 fully saturated rings. The lowest BCUT2D eigenvalue weighted by Gasteiger charge is -2.18. The molecule has 1 unspecified atom stereocenters. The fourth-order valence-corrected chi connectivity index (χ4v) is 2.82. The topological polar surface area (TPSA) is 67.3 Å². The molecule has 1 amide bonds. The Bertz CT molecular complexity index is 780. The molecule has 2 aromatic rings. The summed E-state index contributed by atoms with van der Waals surface area (Å²) in [6, 6.07) is 5.47. The Morgan fingerprint density at radius 1 is 1.31 bits per heavy atom. The Morgan fingerprint density at radius 2 is 2.12 bits per heavy atom. The number of aromatic nitrogens is 2.